The topological polar surface area (TPSA) is 47.0 Å². The molecule has 0 amide bonds. The van der Waals surface area contributed by atoms with E-state index in [-0.39, 0.29) is 0 Å². The Labute approximate surface area is 121 Å². The lowest BCUT2D eigenvalue weighted by Crippen LogP contribution is -2.03. The molecular formula is C13H13Cl2N3O. The monoisotopic (exact) mass is 297 g/mol. The highest BCUT2D eigenvalue weighted by molar-refractivity contribution is 6.31. The van der Waals surface area contributed by atoms with Crippen molar-refractivity contribution in [3.63, 3.8) is 0 Å². The SMILES string of the molecule is CCNc1ncc(Cl)c(Oc2ccc(Cl)cc2C)n1. The molecule has 19 heavy (non-hydrogen) atoms. The number of halogens is 2. The zero-order valence-corrected chi connectivity index (χ0v) is 12.1. The van der Waals surface area contributed by atoms with Gasteiger partial charge in [0.1, 0.15) is 10.8 Å². The second kappa shape index (κ2) is 6.08. The molecule has 0 bridgehead atoms. The summed E-state index contributed by atoms with van der Waals surface area (Å²) in [4.78, 5) is 8.26. The van der Waals surface area contributed by atoms with Gasteiger partial charge in [0, 0.05) is 11.6 Å². The molecule has 0 spiro atoms. The average molecular weight is 298 g/mol. The van der Waals surface area contributed by atoms with Crippen molar-refractivity contribution < 1.29 is 4.74 Å². The van der Waals surface area contributed by atoms with Crippen molar-refractivity contribution in [2.45, 2.75) is 13.8 Å². The minimum atomic E-state index is 0.318. The van der Waals surface area contributed by atoms with Crippen molar-refractivity contribution in [3.8, 4) is 11.6 Å². The van der Waals surface area contributed by atoms with Crippen LogP contribution in [0.4, 0.5) is 5.95 Å². The number of aromatic nitrogens is 2. The Morgan fingerprint density at radius 1 is 1.32 bits per heavy atom. The van der Waals surface area contributed by atoms with E-state index >= 15 is 0 Å². The van der Waals surface area contributed by atoms with E-state index in [9.17, 15) is 0 Å². The zero-order chi connectivity index (χ0) is 13.8. The van der Waals surface area contributed by atoms with Crippen molar-refractivity contribution in [1.82, 2.24) is 9.97 Å². The quantitative estimate of drug-likeness (QED) is 0.913. The number of rotatable bonds is 4. The summed E-state index contributed by atoms with van der Waals surface area (Å²) in [7, 11) is 0. The maximum atomic E-state index is 6.03. The van der Waals surface area contributed by atoms with Crippen molar-refractivity contribution in [3.05, 3.63) is 40.0 Å². The average Bonchev–Trinajstić information content (AvgIpc) is 2.37. The van der Waals surface area contributed by atoms with Gasteiger partial charge in [-0.2, -0.15) is 4.98 Å². The highest BCUT2D eigenvalue weighted by atomic mass is 35.5. The molecule has 2 aromatic rings. The summed E-state index contributed by atoms with van der Waals surface area (Å²) in [5, 5.41) is 4.02. The van der Waals surface area contributed by atoms with Crippen LogP contribution in [0.1, 0.15) is 12.5 Å². The first-order valence-corrected chi connectivity index (χ1v) is 6.56. The van der Waals surface area contributed by atoms with Gasteiger partial charge < -0.3 is 10.1 Å². The van der Waals surface area contributed by atoms with Crippen LogP contribution in [0, 0.1) is 6.92 Å². The first-order valence-electron chi connectivity index (χ1n) is 5.80. The number of hydrogen-bond donors (Lipinski definition) is 1. The van der Waals surface area contributed by atoms with Gasteiger partial charge in [-0.25, -0.2) is 4.98 Å². The number of anilines is 1. The molecule has 6 heteroatoms. The Bertz CT molecular complexity index is 590. The largest absolute Gasteiger partial charge is 0.437 e. The molecular weight excluding hydrogens is 285 g/mol. The van der Waals surface area contributed by atoms with Crippen LogP contribution < -0.4 is 10.1 Å². The van der Waals surface area contributed by atoms with Crippen LogP contribution in [-0.4, -0.2) is 16.5 Å². The van der Waals surface area contributed by atoms with Crippen LogP contribution in [0.15, 0.2) is 24.4 Å². The summed E-state index contributed by atoms with van der Waals surface area (Å²) in [5.41, 5.74) is 0.909. The van der Waals surface area contributed by atoms with E-state index in [0.29, 0.717) is 27.6 Å². The fourth-order valence-corrected chi connectivity index (χ4v) is 1.85. The van der Waals surface area contributed by atoms with Gasteiger partial charge in [-0.15, -0.1) is 0 Å². The van der Waals surface area contributed by atoms with Gasteiger partial charge in [0.25, 0.3) is 0 Å². The lowest BCUT2D eigenvalue weighted by Gasteiger charge is -2.10. The van der Waals surface area contributed by atoms with Crippen LogP contribution in [-0.2, 0) is 0 Å². The molecule has 0 aliphatic rings. The van der Waals surface area contributed by atoms with Gasteiger partial charge in [0.2, 0.25) is 11.8 Å². The van der Waals surface area contributed by atoms with Gasteiger partial charge in [-0.1, -0.05) is 23.2 Å². The molecule has 1 N–H and O–H groups in total. The molecule has 0 aliphatic heterocycles. The smallest absolute Gasteiger partial charge is 0.243 e. The summed E-state index contributed by atoms with van der Waals surface area (Å²) in [6.07, 6.45) is 1.51. The van der Waals surface area contributed by atoms with Crippen LogP contribution in [0.2, 0.25) is 10.0 Å². The maximum Gasteiger partial charge on any atom is 0.243 e. The molecule has 2 rings (SSSR count). The zero-order valence-electron chi connectivity index (χ0n) is 10.6. The van der Waals surface area contributed by atoms with E-state index < -0.39 is 0 Å². The first-order chi connectivity index (χ1) is 9.10. The molecule has 0 fully saturated rings. The van der Waals surface area contributed by atoms with Crippen LogP contribution >= 0.6 is 23.2 Å². The van der Waals surface area contributed by atoms with Gasteiger partial charge in [-0.3, -0.25) is 0 Å². The van der Waals surface area contributed by atoms with E-state index in [0.717, 1.165) is 12.1 Å². The molecule has 0 radical (unpaired) electrons. The third-order valence-corrected chi connectivity index (χ3v) is 2.88. The van der Waals surface area contributed by atoms with E-state index in [1.807, 2.05) is 19.9 Å². The Hall–Kier alpha value is -1.52. The summed E-state index contributed by atoms with van der Waals surface area (Å²) >= 11 is 11.9. The van der Waals surface area contributed by atoms with Crippen LogP contribution in [0.25, 0.3) is 0 Å². The number of nitrogens with zero attached hydrogens (tertiary/aromatic N) is 2. The molecule has 0 unspecified atom stereocenters. The minimum absolute atomic E-state index is 0.318. The Kier molecular flexibility index (Phi) is 4.45. The Balaban J connectivity index is 2.29. The van der Waals surface area contributed by atoms with Gasteiger partial charge in [0.15, 0.2) is 0 Å². The summed E-state index contributed by atoms with van der Waals surface area (Å²) in [6.45, 7) is 4.59. The highest BCUT2D eigenvalue weighted by Crippen LogP contribution is 2.30. The number of ether oxygens (including phenoxy) is 1. The number of hydrogen-bond acceptors (Lipinski definition) is 4. The normalized spacial score (nSPS) is 10.3. The van der Waals surface area contributed by atoms with Crippen molar-refractivity contribution in [2.24, 2.45) is 0 Å². The Morgan fingerprint density at radius 3 is 2.79 bits per heavy atom. The summed E-state index contributed by atoms with van der Waals surface area (Å²) in [6, 6.07) is 5.35. The molecule has 0 saturated carbocycles. The second-order valence-corrected chi connectivity index (χ2v) is 4.73. The van der Waals surface area contributed by atoms with E-state index in [1.165, 1.54) is 6.20 Å². The van der Waals surface area contributed by atoms with Gasteiger partial charge in [0.05, 0.1) is 6.20 Å². The van der Waals surface area contributed by atoms with Crippen LogP contribution in [0.5, 0.6) is 11.6 Å². The molecule has 0 saturated heterocycles. The Morgan fingerprint density at radius 2 is 2.11 bits per heavy atom. The molecule has 1 aromatic heterocycles. The fraction of sp³-hybridized carbons (Fsp3) is 0.231. The lowest BCUT2D eigenvalue weighted by molar-refractivity contribution is 0.459. The van der Waals surface area contributed by atoms with Crippen LogP contribution in [0.3, 0.4) is 0 Å². The summed E-state index contributed by atoms with van der Waals surface area (Å²) in [5.74, 6) is 1.46. The molecule has 1 heterocycles. The lowest BCUT2D eigenvalue weighted by atomic mass is 10.2. The number of nitrogens with one attached hydrogen (secondary N) is 1. The van der Waals surface area contributed by atoms with Crippen molar-refractivity contribution in [2.75, 3.05) is 11.9 Å². The second-order valence-electron chi connectivity index (χ2n) is 3.89. The third kappa shape index (κ3) is 3.49. The maximum absolute atomic E-state index is 6.03. The first kappa shape index (κ1) is 13.9. The number of benzene rings is 1. The predicted octanol–water partition coefficient (Wildman–Crippen LogP) is 4.32. The van der Waals surface area contributed by atoms with E-state index in [1.54, 1.807) is 12.1 Å². The highest BCUT2D eigenvalue weighted by Gasteiger charge is 2.09. The van der Waals surface area contributed by atoms with Gasteiger partial charge in [-0.05, 0) is 37.6 Å². The predicted molar refractivity (Wildman–Crippen MR) is 77.5 cm³/mol. The fourth-order valence-electron chi connectivity index (χ4n) is 1.50. The third-order valence-electron chi connectivity index (χ3n) is 2.39. The van der Waals surface area contributed by atoms with E-state index in [4.69, 9.17) is 27.9 Å². The van der Waals surface area contributed by atoms with E-state index in [2.05, 4.69) is 15.3 Å². The van der Waals surface area contributed by atoms with Gasteiger partial charge >= 0.3 is 0 Å². The molecule has 1 aromatic carbocycles. The molecule has 4 nitrogen and oxygen atoms in total. The minimum Gasteiger partial charge on any atom is -0.437 e. The molecule has 0 atom stereocenters. The van der Waals surface area contributed by atoms with Crippen molar-refractivity contribution in [1.29, 1.82) is 0 Å². The summed E-state index contributed by atoms with van der Waals surface area (Å²) < 4.78 is 5.70. The molecule has 100 valence electrons. The standard InChI is InChI=1S/C13H13Cl2N3O/c1-3-16-13-17-7-10(15)12(18-13)19-11-5-4-9(14)6-8(11)2/h4-7H,3H2,1-2H3,(H,16,17,18). The van der Waals surface area contributed by atoms with Crippen molar-refractivity contribution >= 4 is 29.2 Å². The number of aryl methyl sites for hydroxylation is 1. The molecule has 0 aliphatic carbocycles.